The van der Waals surface area contributed by atoms with Gasteiger partial charge in [0.25, 0.3) is 5.91 Å². The van der Waals surface area contributed by atoms with Crippen molar-refractivity contribution in [1.29, 1.82) is 0 Å². The van der Waals surface area contributed by atoms with E-state index in [1.54, 1.807) is 18.9 Å². The van der Waals surface area contributed by atoms with E-state index in [1.165, 1.54) is 0 Å². The van der Waals surface area contributed by atoms with Gasteiger partial charge < -0.3 is 14.4 Å². The molecule has 1 N–H and O–H groups in total. The summed E-state index contributed by atoms with van der Waals surface area (Å²) in [5.74, 6) is 0.495. The van der Waals surface area contributed by atoms with Crippen LogP contribution in [-0.4, -0.2) is 63.9 Å². The molecule has 3 atom stereocenters. The summed E-state index contributed by atoms with van der Waals surface area (Å²) in [7, 11) is -1.83. The Morgan fingerprint density at radius 3 is 2.69 bits per heavy atom. The minimum absolute atomic E-state index is 0.171. The molecule has 1 aromatic carbocycles. The van der Waals surface area contributed by atoms with E-state index >= 15 is 0 Å². The van der Waals surface area contributed by atoms with Gasteiger partial charge in [0.15, 0.2) is 6.10 Å². The highest BCUT2D eigenvalue weighted by molar-refractivity contribution is 7.88. The normalized spacial score (nSPS) is 22.1. The molecule has 0 bridgehead atoms. The number of hydrogen-bond donors (Lipinski definition) is 1. The number of likely N-dealkylation sites (tertiary alicyclic amines) is 1. The summed E-state index contributed by atoms with van der Waals surface area (Å²) in [4.78, 5) is 14.7. The molecule has 1 amide bonds. The Kier molecular flexibility index (Phi) is 7.02. The van der Waals surface area contributed by atoms with Crippen molar-refractivity contribution < 1.29 is 22.7 Å². The van der Waals surface area contributed by atoms with Crippen molar-refractivity contribution >= 4 is 15.9 Å². The average Bonchev–Trinajstić information content (AvgIpc) is 2.56. The van der Waals surface area contributed by atoms with Crippen LogP contribution in [0.5, 0.6) is 5.75 Å². The summed E-state index contributed by atoms with van der Waals surface area (Å²) in [5.41, 5.74) is 0.954. The fourth-order valence-corrected chi connectivity index (χ4v) is 4.11. The number of amides is 1. The van der Waals surface area contributed by atoms with E-state index in [4.69, 9.17) is 9.47 Å². The van der Waals surface area contributed by atoms with E-state index in [9.17, 15) is 13.2 Å². The lowest BCUT2D eigenvalue weighted by Crippen LogP contribution is -2.60. The second-order valence-electron chi connectivity index (χ2n) is 6.72. The second-order valence-corrected chi connectivity index (χ2v) is 8.50. The fourth-order valence-electron chi connectivity index (χ4n) is 3.28. The molecule has 0 aliphatic carbocycles. The van der Waals surface area contributed by atoms with Crippen LogP contribution in [0.15, 0.2) is 24.3 Å². The van der Waals surface area contributed by atoms with Gasteiger partial charge in [0.05, 0.1) is 18.9 Å². The number of benzene rings is 1. The molecule has 0 radical (unpaired) electrons. The number of ether oxygens (including phenoxy) is 2. The van der Waals surface area contributed by atoms with Crippen LogP contribution in [-0.2, 0) is 19.6 Å². The molecule has 0 saturated carbocycles. The number of carbonyl (C=O) groups excluding carboxylic acids is 1. The van der Waals surface area contributed by atoms with Gasteiger partial charge in [0.1, 0.15) is 5.75 Å². The van der Waals surface area contributed by atoms with E-state index in [2.05, 4.69) is 4.72 Å². The topological polar surface area (TPSA) is 84.9 Å². The molecule has 26 heavy (non-hydrogen) atoms. The number of para-hydroxylation sites is 1. The van der Waals surface area contributed by atoms with Gasteiger partial charge in [-0.15, -0.1) is 0 Å². The molecule has 0 spiro atoms. The first kappa shape index (κ1) is 20.7. The summed E-state index contributed by atoms with van der Waals surface area (Å²) < 4.78 is 37.1. The third kappa shape index (κ3) is 5.43. The first-order chi connectivity index (χ1) is 12.2. The van der Waals surface area contributed by atoms with E-state index in [0.717, 1.165) is 18.2 Å². The standard InChI is InChI=1S/C18H28N2O5S/c1-13-8-5-6-10-17(13)25-14(2)18(21)20-11-7-9-15(16(20)12-24-3)19-26(4,22)23/h5-6,8,10,14-16,19H,7,9,11-12H2,1-4H3/t14-,15?,16?/m1/s1. The molecule has 1 heterocycles. The van der Waals surface area contributed by atoms with Crippen LogP contribution in [0.25, 0.3) is 0 Å². The van der Waals surface area contributed by atoms with Gasteiger partial charge >= 0.3 is 0 Å². The highest BCUT2D eigenvalue weighted by Gasteiger charge is 2.37. The molecule has 2 rings (SSSR count). The third-order valence-corrected chi connectivity index (χ3v) is 5.24. The summed E-state index contributed by atoms with van der Waals surface area (Å²) in [6.45, 7) is 4.45. The maximum Gasteiger partial charge on any atom is 0.263 e. The summed E-state index contributed by atoms with van der Waals surface area (Å²) >= 11 is 0. The zero-order chi connectivity index (χ0) is 19.3. The Morgan fingerprint density at radius 2 is 2.08 bits per heavy atom. The Morgan fingerprint density at radius 1 is 1.38 bits per heavy atom. The molecule has 2 unspecified atom stereocenters. The van der Waals surface area contributed by atoms with Crippen molar-refractivity contribution in [1.82, 2.24) is 9.62 Å². The summed E-state index contributed by atoms with van der Waals surface area (Å²) in [5, 5.41) is 0. The Hall–Kier alpha value is -1.64. The first-order valence-corrected chi connectivity index (χ1v) is 10.6. The highest BCUT2D eigenvalue weighted by Crippen LogP contribution is 2.23. The molecule has 0 aromatic heterocycles. The van der Waals surface area contributed by atoms with Gasteiger partial charge in [-0.2, -0.15) is 0 Å². The van der Waals surface area contributed by atoms with E-state index in [-0.39, 0.29) is 24.6 Å². The molecule has 8 heteroatoms. The first-order valence-electron chi connectivity index (χ1n) is 8.72. The van der Waals surface area contributed by atoms with Crippen LogP contribution < -0.4 is 9.46 Å². The van der Waals surface area contributed by atoms with Crippen molar-refractivity contribution in [2.24, 2.45) is 0 Å². The van der Waals surface area contributed by atoms with Gasteiger partial charge in [0.2, 0.25) is 10.0 Å². The van der Waals surface area contributed by atoms with Crippen molar-refractivity contribution in [3.05, 3.63) is 29.8 Å². The zero-order valence-electron chi connectivity index (χ0n) is 15.8. The van der Waals surface area contributed by atoms with Crippen LogP contribution >= 0.6 is 0 Å². The van der Waals surface area contributed by atoms with Crippen LogP contribution in [0.3, 0.4) is 0 Å². The average molecular weight is 384 g/mol. The summed E-state index contributed by atoms with van der Waals surface area (Å²) in [6, 6.07) is 6.80. The van der Waals surface area contributed by atoms with Crippen molar-refractivity contribution in [3.8, 4) is 5.75 Å². The van der Waals surface area contributed by atoms with Crippen molar-refractivity contribution in [3.63, 3.8) is 0 Å². The number of rotatable bonds is 7. The lowest BCUT2D eigenvalue weighted by atomic mass is 9.97. The van der Waals surface area contributed by atoms with Crippen molar-refractivity contribution in [2.45, 2.75) is 44.9 Å². The number of carbonyl (C=O) groups is 1. The predicted molar refractivity (Wildman–Crippen MR) is 99.6 cm³/mol. The lowest BCUT2D eigenvalue weighted by Gasteiger charge is -2.41. The smallest absolute Gasteiger partial charge is 0.263 e. The quantitative estimate of drug-likeness (QED) is 0.766. The second kappa shape index (κ2) is 8.83. The molecule has 146 valence electrons. The predicted octanol–water partition coefficient (Wildman–Crippen LogP) is 1.32. The Bertz CT molecular complexity index is 722. The van der Waals surface area contributed by atoms with E-state index in [1.807, 2.05) is 31.2 Å². The number of nitrogens with zero attached hydrogens (tertiary/aromatic N) is 1. The SMILES string of the molecule is COCC1C(NS(C)(=O)=O)CCCN1C(=O)[C@@H](C)Oc1ccccc1C. The van der Waals surface area contributed by atoms with E-state index in [0.29, 0.717) is 18.7 Å². The van der Waals surface area contributed by atoms with Gasteiger partial charge in [-0.3, -0.25) is 4.79 Å². The van der Waals surface area contributed by atoms with Crippen molar-refractivity contribution in [2.75, 3.05) is 26.5 Å². The Balaban J connectivity index is 2.14. The number of methoxy groups -OCH3 is 1. The van der Waals surface area contributed by atoms with Crippen LogP contribution in [0.2, 0.25) is 0 Å². The minimum Gasteiger partial charge on any atom is -0.481 e. The van der Waals surface area contributed by atoms with Gasteiger partial charge in [0, 0.05) is 19.7 Å². The maximum atomic E-state index is 13.0. The Labute approximate surface area is 155 Å². The molecule has 1 saturated heterocycles. The number of nitrogens with one attached hydrogen (secondary N) is 1. The van der Waals surface area contributed by atoms with Gasteiger partial charge in [-0.25, -0.2) is 13.1 Å². The molecular weight excluding hydrogens is 356 g/mol. The molecular formula is C18H28N2O5S. The lowest BCUT2D eigenvalue weighted by molar-refractivity contribution is -0.143. The number of hydrogen-bond acceptors (Lipinski definition) is 5. The molecule has 1 aromatic rings. The molecule has 1 aliphatic heterocycles. The fraction of sp³-hybridized carbons (Fsp3) is 0.611. The van der Waals surface area contributed by atoms with Crippen LogP contribution in [0.4, 0.5) is 0 Å². The third-order valence-electron chi connectivity index (χ3n) is 4.51. The molecule has 1 fully saturated rings. The molecule has 1 aliphatic rings. The zero-order valence-corrected chi connectivity index (χ0v) is 16.6. The molecule has 7 nitrogen and oxygen atoms in total. The van der Waals surface area contributed by atoms with Crippen LogP contribution in [0, 0.1) is 6.92 Å². The van der Waals surface area contributed by atoms with E-state index < -0.39 is 16.1 Å². The highest BCUT2D eigenvalue weighted by atomic mass is 32.2. The number of aryl methyl sites for hydroxylation is 1. The minimum atomic E-state index is -3.37. The summed E-state index contributed by atoms with van der Waals surface area (Å²) in [6.07, 6.45) is 1.84. The maximum absolute atomic E-state index is 13.0. The van der Waals surface area contributed by atoms with Crippen LogP contribution in [0.1, 0.15) is 25.3 Å². The van der Waals surface area contributed by atoms with Gasteiger partial charge in [-0.05, 0) is 38.3 Å². The largest absolute Gasteiger partial charge is 0.481 e. The number of piperidine rings is 1. The van der Waals surface area contributed by atoms with Gasteiger partial charge in [-0.1, -0.05) is 18.2 Å². The number of sulfonamides is 1. The monoisotopic (exact) mass is 384 g/mol.